The molecular formula is C5H10N2O3. The SMILES string of the molecule is O=[N+]([O-])C1CCN(O)CC1. The first-order valence-electron chi connectivity index (χ1n) is 3.27. The molecule has 0 atom stereocenters. The van der Waals surface area contributed by atoms with Crippen molar-refractivity contribution in [3.63, 3.8) is 0 Å². The molecule has 0 bridgehead atoms. The van der Waals surface area contributed by atoms with Crippen LogP contribution in [0.25, 0.3) is 0 Å². The predicted molar refractivity (Wildman–Crippen MR) is 33.4 cm³/mol. The Kier molecular flexibility index (Phi) is 2.18. The maximum absolute atomic E-state index is 10.2. The lowest BCUT2D eigenvalue weighted by atomic mass is 10.1. The lowest BCUT2D eigenvalue weighted by Crippen LogP contribution is -2.37. The summed E-state index contributed by atoms with van der Waals surface area (Å²) in [6.07, 6.45) is 0.924. The van der Waals surface area contributed by atoms with Gasteiger partial charge in [-0.25, -0.2) is 0 Å². The molecule has 0 radical (unpaired) electrons. The van der Waals surface area contributed by atoms with E-state index in [9.17, 15) is 10.1 Å². The number of nitrogens with zero attached hydrogens (tertiary/aromatic N) is 2. The van der Waals surface area contributed by atoms with Crippen LogP contribution in [0.15, 0.2) is 0 Å². The molecule has 0 aromatic rings. The highest BCUT2D eigenvalue weighted by molar-refractivity contribution is 4.65. The molecule has 0 aromatic heterocycles. The molecule has 1 N–H and O–H groups in total. The molecule has 0 aliphatic carbocycles. The second kappa shape index (κ2) is 2.94. The summed E-state index contributed by atoms with van der Waals surface area (Å²) in [5, 5.41) is 20.1. The number of nitro groups is 1. The molecule has 1 rings (SSSR count). The van der Waals surface area contributed by atoms with Gasteiger partial charge >= 0.3 is 0 Å². The monoisotopic (exact) mass is 146 g/mol. The summed E-state index contributed by atoms with van der Waals surface area (Å²) in [6.45, 7) is 0.845. The Labute approximate surface area is 58.4 Å². The van der Waals surface area contributed by atoms with Gasteiger partial charge in [-0.2, -0.15) is 5.06 Å². The van der Waals surface area contributed by atoms with E-state index in [-0.39, 0.29) is 4.92 Å². The summed E-state index contributed by atoms with van der Waals surface area (Å²) in [6, 6.07) is -0.441. The van der Waals surface area contributed by atoms with Crippen LogP contribution in [0.1, 0.15) is 12.8 Å². The minimum Gasteiger partial charge on any atom is -0.314 e. The van der Waals surface area contributed by atoms with E-state index in [0.29, 0.717) is 25.9 Å². The van der Waals surface area contributed by atoms with Gasteiger partial charge in [-0.05, 0) is 0 Å². The van der Waals surface area contributed by atoms with Gasteiger partial charge in [0.1, 0.15) is 0 Å². The maximum atomic E-state index is 10.2. The minimum absolute atomic E-state index is 0.271. The summed E-state index contributed by atoms with van der Waals surface area (Å²) >= 11 is 0. The summed E-state index contributed by atoms with van der Waals surface area (Å²) in [5.74, 6) is 0. The van der Waals surface area contributed by atoms with E-state index >= 15 is 0 Å². The molecule has 1 fully saturated rings. The third kappa shape index (κ3) is 1.65. The third-order valence-corrected chi connectivity index (χ3v) is 1.74. The van der Waals surface area contributed by atoms with Gasteiger partial charge in [-0.3, -0.25) is 10.1 Å². The fourth-order valence-corrected chi connectivity index (χ4v) is 1.06. The summed E-state index contributed by atoms with van der Waals surface area (Å²) in [5.41, 5.74) is 0. The molecule has 1 heterocycles. The molecule has 1 aliphatic heterocycles. The van der Waals surface area contributed by atoms with Crippen LogP contribution in [0.4, 0.5) is 0 Å². The number of hydroxylamine groups is 2. The van der Waals surface area contributed by atoms with Crippen molar-refractivity contribution < 1.29 is 10.1 Å². The Hall–Kier alpha value is -0.680. The average Bonchev–Trinajstić information content (AvgIpc) is 1.88. The highest BCUT2D eigenvalue weighted by Gasteiger charge is 2.25. The first-order chi connectivity index (χ1) is 4.70. The smallest absolute Gasteiger partial charge is 0.215 e. The number of hydrogen-bond donors (Lipinski definition) is 1. The van der Waals surface area contributed by atoms with Crippen molar-refractivity contribution in [2.45, 2.75) is 18.9 Å². The fourth-order valence-electron chi connectivity index (χ4n) is 1.06. The van der Waals surface area contributed by atoms with Crippen molar-refractivity contribution in [2.24, 2.45) is 0 Å². The predicted octanol–water partition coefficient (Wildman–Crippen LogP) is 0.117. The average molecular weight is 146 g/mol. The first kappa shape index (κ1) is 7.43. The fraction of sp³-hybridized carbons (Fsp3) is 1.00. The van der Waals surface area contributed by atoms with E-state index in [2.05, 4.69) is 0 Å². The molecule has 10 heavy (non-hydrogen) atoms. The van der Waals surface area contributed by atoms with E-state index in [1.54, 1.807) is 0 Å². The van der Waals surface area contributed by atoms with Crippen LogP contribution in [0.2, 0.25) is 0 Å². The van der Waals surface area contributed by atoms with Crippen molar-refractivity contribution in [3.05, 3.63) is 10.1 Å². The van der Waals surface area contributed by atoms with Gasteiger partial charge in [0.25, 0.3) is 0 Å². The molecule has 1 aliphatic rings. The highest BCUT2D eigenvalue weighted by Crippen LogP contribution is 2.10. The lowest BCUT2D eigenvalue weighted by Gasteiger charge is -2.21. The molecule has 5 heteroatoms. The number of hydrogen-bond acceptors (Lipinski definition) is 4. The van der Waals surface area contributed by atoms with Gasteiger partial charge < -0.3 is 5.21 Å². The molecule has 0 aromatic carbocycles. The Balaban J connectivity index is 2.33. The van der Waals surface area contributed by atoms with Crippen molar-refractivity contribution in [1.29, 1.82) is 0 Å². The van der Waals surface area contributed by atoms with Crippen LogP contribution in [0.3, 0.4) is 0 Å². The van der Waals surface area contributed by atoms with Crippen LogP contribution >= 0.6 is 0 Å². The molecule has 0 saturated carbocycles. The minimum atomic E-state index is -0.441. The normalized spacial score (nSPS) is 22.9. The third-order valence-electron chi connectivity index (χ3n) is 1.74. The Bertz CT molecular complexity index is 131. The quantitative estimate of drug-likeness (QED) is 0.421. The van der Waals surface area contributed by atoms with E-state index < -0.39 is 6.04 Å². The van der Waals surface area contributed by atoms with Crippen LogP contribution in [0.5, 0.6) is 0 Å². The molecule has 0 amide bonds. The zero-order valence-corrected chi connectivity index (χ0v) is 5.56. The van der Waals surface area contributed by atoms with Gasteiger partial charge in [0.15, 0.2) is 0 Å². The van der Waals surface area contributed by atoms with Gasteiger partial charge in [0.05, 0.1) is 0 Å². The van der Waals surface area contributed by atoms with Crippen LogP contribution in [0, 0.1) is 10.1 Å². The van der Waals surface area contributed by atoms with E-state index in [1.807, 2.05) is 0 Å². The first-order valence-corrected chi connectivity index (χ1v) is 3.27. The highest BCUT2D eigenvalue weighted by atomic mass is 16.6. The molecule has 0 spiro atoms. The zero-order valence-electron chi connectivity index (χ0n) is 5.56. The van der Waals surface area contributed by atoms with Crippen molar-refractivity contribution in [3.8, 4) is 0 Å². The topological polar surface area (TPSA) is 66.6 Å². The molecular weight excluding hydrogens is 136 g/mol. The summed E-state index contributed by atoms with van der Waals surface area (Å²) in [4.78, 5) is 9.90. The van der Waals surface area contributed by atoms with Crippen molar-refractivity contribution in [1.82, 2.24) is 5.06 Å². The van der Waals surface area contributed by atoms with E-state index in [4.69, 9.17) is 5.21 Å². The largest absolute Gasteiger partial charge is 0.314 e. The Morgan fingerprint density at radius 1 is 1.50 bits per heavy atom. The second-order valence-electron chi connectivity index (χ2n) is 2.47. The molecule has 0 unspecified atom stereocenters. The van der Waals surface area contributed by atoms with Gasteiger partial charge in [0, 0.05) is 30.9 Å². The van der Waals surface area contributed by atoms with Crippen LogP contribution in [-0.4, -0.2) is 34.3 Å². The maximum Gasteiger partial charge on any atom is 0.215 e. The number of rotatable bonds is 1. The van der Waals surface area contributed by atoms with Gasteiger partial charge in [0.2, 0.25) is 6.04 Å². The zero-order chi connectivity index (χ0) is 7.56. The number of piperidine rings is 1. The van der Waals surface area contributed by atoms with Crippen molar-refractivity contribution >= 4 is 0 Å². The van der Waals surface area contributed by atoms with E-state index in [0.717, 1.165) is 5.06 Å². The summed E-state index contributed by atoms with van der Waals surface area (Å²) < 4.78 is 0. The Morgan fingerprint density at radius 3 is 2.40 bits per heavy atom. The Morgan fingerprint density at radius 2 is 2.00 bits per heavy atom. The summed E-state index contributed by atoms with van der Waals surface area (Å²) in [7, 11) is 0. The lowest BCUT2D eigenvalue weighted by molar-refractivity contribution is -0.528. The standard InChI is InChI=1S/C5H10N2O3/c8-6-3-1-5(2-4-6)7(9)10/h5,8H,1-4H2. The van der Waals surface area contributed by atoms with Gasteiger partial charge in [-0.15, -0.1) is 0 Å². The molecule has 5 nitrogen and oxygen atoms in total. The molecule has 58 valence electrons. The van der Waals surface area contributed by atoms with Crippen LogP contribution in [-0.2, 0) is 0 Å². The van der Waals surface area contributed by atoms with Crippen molar-refractivity contribution in [2.75, 3.05) is 13.1 Å². The second-order valence-corrected chi connectivity index (χ2v) is 2.47. The van der Waals surface area contributed by atoms with Crippen LogP contribution < -0.4 is 0 Å². The van der Waals surface area contributed by atoms with E-state index in [1.165, 1.54) is 0 Å². The molecule has 1 saturated heterocycles. The van der Waals surface area contributed by atoms with Gasteiger partial charge in [-0.1, -0.05) is 0 Å².